The summed E-state index contributed by atoms with van der Waals surface area (Å²) < 4.78 is 16.9. The summed E-state index contributed by atoms with van der Waals surface area (Å²) in [5.41, 5.74) is 0. The van der Waals surface area contributed by atoms with Crippen molar-refractivity contribution < 1.29 is 28.6 Å². The summed E-state index contributed by atoms with van der Waals surface area (Å²) in [7, 11) is 0. The van der Waals surface area contributed by atoms with Gasteiger partial charge in [-0.2, -0.15) is 0 Å². The molecule has 0 fully saturated rings. The molecule has 1 atom stereocenters. The Morgan fingerprint density at radius 1 is 0.266 bits per heavy atom. The average Bonchev–Trinajstić information content (AvgIpc) is 3.45. The van der Waals surface area contributed by atoms with Gasteiger partial charge in [-0.05, 0) is 128 Å². The van der Waals surface area contributed by atoms with Crippen molar-refractivity contribution in [2.45, 2.75) is 309 Å². The van der Waals surface area contributed by atoms with Crippen LogP contribution in [0.5, 0.6) is 0 Å². The molecule has 6 heteroatoms. The van der Waals surface area contributed by atoms with Crippen molar-refractivity contribution >= 4 is 17.9 Å². The molecule has 0 aromatic heterocycles. The Morgan fingerprint density at radius 3 is 0.810 bits per heavy atom. The molecule has 0 aliphatic carbocycles. The topological polar surface area (TPSA) is 78.9 Å². The molecule has 0 aromatic rings. The summed E-state index contributed by atoms with van der Waals surface area (Å²) in [6, 6.07) is 0. The van der Waals surface area contributed by atoms with Crippen LogP contribution in [-0.2, 0) is 28.6 Å². The predicted octanol–water partition coefficient (Wildman–Crippen LogP) is 22.8. The van der Waals surface area contributed by atoms with Crippen molar-refractivity contribution in [3.63, 3.8) is 0 Å². The summed E-state index contributed by atoms with van der Waals surface area (Å²) in [6.07, 6.45) is 92.1. The molecule has 0 aliphatic heterocycles. The Labute approximate surface area is 488 Å². The van der Waals surface area contributed by atoms with Crippen LogP contribution in [0.1, 0.15) is 303 Å². The fourth-order valence-corrected chi connectivity index (χ4v) is 9.04. The molecule has 0 aromatic carbocycles. The molecular formula is C73H122O6. The maximum absolute atomic E-state index is 12.9. The lowest BCUT2D eigenvalue weighted by Gasteiger charge is -2.18. The largest absolute Gasteiger partial charge is 0.462 e. The van der Waals surface area contributed by atoms with Crippen molar-refractivity contribution in [1.82, 2.24) is 0 Å². The van der Waals surface area contributed by atoms with Crippen LogP contribution in [0.25, 0.3) is 0 Å². The van der Waals surface area contributed by atoms with Gasteiger partial charge in [-0.15, -0.1) is 0 Å². The van der Waals surface area contributed by atoms with E-state index in [0.29, 0.717) is 19.3 Å². The summed E-state index contributed by atoms with van der Waals surface area (Å²) in [4.78, 5) is 38.4. The van der Waals surface area contributed by atoms with E-state index in [1.807, 2.05) is 0 Å². The zero-order valence-corrected chi connectivity index (χ0v) is 51.6. The van der Waals surface area contributed by atoms with Crippen LogP contribution in [0.4, 0.5) is 0 Å². The van der Waals surface area contributed by atoms with Gasteiger partial charge in [0.1, 0.15) is 13.2 Å². The van der Waals surface area contributed by atoms with E-state index < -0.39 is 6.10 Å². The first-order valence-electron chi connectivity index (χ1n) is 33.0. The van der Waals surface area contributed by atoms with E-state index in [1.165, 1.54) is 148 Å². The molecule has 0 spiro atoms. The molecule has 0 bridgehead atoms. The summed E-state index contributed by atoms with van der Waals surface area (Å²) in [5.74, 6) is -0.935. The summed E-state index contributed by atoms with van der Waals surface area (Å²) in [6.45, 7) is 6.39. The van der Waals surface area contributed by atoms with Gasteiger partial charge in [0.15, 0.2) is 6.10 Å². The Morgan fingerprint density at radius 2 is 0.494 bits per heavy atom. The van der Waals surface area contributed by atoms with E-state index in [9.17, 15) is 14.4 Å². The van der Waals surface area contributed by atoms with Crippen molar-refractivity contribution in [3.8, 4) is 0 Å². The van der Waals surface area contributed by atoms with Crippen molar-refractivity contribution in [2.75, 3.05) is 13.2 Å². The third kappa shape index (κ3) is 64.5. The molecular weight excluding hydrogens is 973 g/mol. The second-order valence-corrected chi connectivity index (χ2v) is 21.6. The molecule has 79 heavy (non-hydrogen) atoms. The van der Waals surface area contributed by atoms with Gasteiger partial charge in [0.2, 0.25) is 0 Å². The normalized spacial score (nSPS) is 12.9. The van der Waals surface area contributed by atoms with Gasteiger partial charge in [0.05, 0.1) is 0 Å². The van der Waals surface area contributed by atoms with E-state index in [2.05, 4.69) is 142 Å². The minimum absolute atomic E-state index is 0.0947. The number of unbranched alkanes of at least 4 members (excludes halogenated alkanes) is 28. The molecule has 0 N–H and O–H groups in total. The average molecular weight is 1100 g/mol. The second-order valence-electron chi connectivity index (χ2n) is 21.6. The minimum Gasteiger partial charge on any atom is -0.462 e. The van der Waals surface area contributed by atoms with Gasteiger partial charge in [0, 0.05) is 19.3 Å². The lowest BCUT2D eigenvalue weighted by Crippen LogP contribution is -2.30. The molecule has 0 aliphatic rings. The van der Waals surface area contributed by atoms with E-state index in [1.54, 1.807) is 0 Å². The van der Waals surface area contributed by atoms with Gasteiger partial charge < -0.3 is 14.2 Å². The van der Waals surface area contributed by atoms with E-state index in [4.69, 9.17) is 14.2 Å². The highest BCUT2D eigenvalue weighted by molar-refractivity contribution is 5.71. The molecule has 0 saturated heterocycles. The number of ether oxygens (including phenoxy) is 3. The molecule has 6 nitrogen and oxygen atoms in total. The highest BCUT2D eigenvalue weighted by Gasteiger charge is 2.19. The third-order valence-electron chi connectivity index (χ3n) is 13.9. The van der Waals surface area contributed by atoms with Crippen molar-refractivity contribution in [3.05, 3.63) is 122 Å². The number of hydrogen-bond donors (Lipinski definition) is 0. The van der Waals surface area contributed by atoms with Gasteiger partial charge in [-0.25, -0.2) is 0 Å². The van der Waals surface area contributed by atoms with Crippen LogP contribution in [0.2, 0.25) is 0 Å². The lowest BCUT2D eigenvalue weighted by atomic mass is 10.0. The van der Waals surface area contributed by atoms with E-state index >= 15 is 0 Å². The van der Waals surface area contributed by atoms with Gasteiger partial charge in [-0.3, -0.25) is 14.4 Å². The third-order valence-corrected chi connectivity index (χ3v) is 13.9. The Hall–Kier alpha value is -4.19. The summed E-state index contributed by atoms with van der Waals surface area (Å²) >= 11 is 0. The van der Waals surface area contributed by atoms with Crippen LogP contribution < -0.4 is 0 Å². The van der Waals surface area contributed by atoms with Gasteiger partial charge in [-0.1, -0.05) is 277 Å². The lowest BCUT2D eigenvalue weighted by molar-refractivity contribution is -0.167. The number of hydrogen-bond acceptors (Lipinski definition) is 6. The van der Waals surface area contributed by atoms with Crippen molar-refractivity contribution in [2.24, 2.45) is 0 Å². The number of allylic oxidation sites excluding steroid dienone is 20. The highest BCUT2D eigenvalue weighted by atomic mass is 16.6. The summed E-state index contributed by atoms with van der Waals surface area (Å²) in [5, 5.41) is 0. The van der Waals surface area contributed by atoms with Crippen LogP contribution in [0.3, 0.4) is 0 Å². The molecule has 0 amide bonds. The van der Waals surface area contributed by atoms with Crippen LogP contribution in [0, 0.1) is 0 Å². The fraction of sp³-hybridized carbons (Fsp3) is 0.685. The monoisotopic (exact) mass is 1090 g/mol. The number of carbonyl (C=O) groups excluding carboxylic acids is 3. The SMILES string of the molecule is CC/C=C\C/C=C\C/C=C\C/C=C\C/C=C\CCCCCCCCCCCCCC(=O)OCC(COC(=O)CCCC/C=C\C/C=C\C/C=C\C/C=C\CC)OC(=O)CCCCCCCCCCC/C=C\CCCCCCCC. The molecule has 0 heterocycles. The Kier molecular flexibility index (Phi) is 62.8. The molecule has 1 unspecified atom stereocenters. The molecule has 0 saturated carbocycles. The highest BCUT2D eigenvalue weighted by Crippen LogP contribution is 2.16. The Bertz CT molecular complexity index is 1640. The quantitative estimate of drug-likeness (QED) is 0.0261. The van der Waals surface area contributed by atoms with E-state index in [-0.39, 0.29) is 31.1 Å². The maximum atomic E-state index is 12.9. The van der Waals surface area contributed by atoms with Crippen LogP contribution >= 0.6 is 0 Å². The molecule has 450 valence electrons. The first kappa shape index (κ1) is 74.8. The van der Waals surface area contributed by atoms with Crippen LogP contribution in [-0.4, -0.2) is 37.2 Å². The standard InChI is InChI=1S/C73H122O6/c1-4-7-10-13-16-19-22-25-28-30-32-33-34-35-36-37-38-39-41-42-45-48-51-54-57-60-63-66-72(75)78-69-70(68-77-71(74)65-62-59-56-53-50-47-44-27-24-21-18-15-12-9-6-3)79-73(76)67-64-61-58-55-52-49-46-43-40-31-29-26-23-20-17-14-11-8-5-2/h7,9-10,12,16,18-19,21,25-29,32-33,35-36,44,50,53,70H,4-6,8,11,13-15,17,20,22-24,30-31,34,37-43,45-49,51-52,54-69H2,1-3H3/b10-7-,12-9-,19-16-,21-18-,28-25-,29-26-,33-32-,36-35-,44-27-,53-50-. The Balaban J connectivity index is 4.37. The first-order chi connectivity index (χ1) is 39.0. The van der Waals surface area contributed by atoms with Crippen LogP contribution in [0.15, 0.2) is 122 Å². The zero-order valence-electron chi connectivity index (χ0n) is 51.6. The van der Waals surface area contributed by atoms with Crippen molar-refractivity contribution in [1.29, 1.82) is 0 Å². The smallest absolute Gasteiger partial charge is 0.306 e. The fourth-order valence-electron chi connectivity index (χ4n) is 9.04. The minimum atomic E-state index is -0.801. The van der Waals surface area contributed by atoms with Gasteiger partial charge in [0.25, 0.3) is 0 Å². The number of carbonyl (C=O) groups is 3. The maximum Gasteiger partial charge on any atom is 0.306 e. The molecule has 0 rings (SSSR count). The van der Waals surface area contributed by atoms with E-state index in [0.717, 1.165) is 116 Å². The zero-order chi connectivity index (χ0) is 57.1. The first-order valence-corrected chi connectivity index (χ1v) is 33.0. The second kappa shape index (κ2) is 66.3. The molecule has 0 radical (unpaired) electrons. The number of rotatable bonds is 59. The number of esters is 3. The predicted molar refractivity (Wildman–Crippen MR) is 343 cm³/mol. The van der Waals surface area contributed by atoms with Gasteiger partial charge >= 0.3 is 17.9 Å².